The Balaban J connectivity index is 2.11. The Morgan fingerprint density at radius 3 is 2.69 bits per heavy atom. The molecule has 0 fully saturated rings. The van der Waals surface area contributed by atoms with Crippen LogP contribution in [-0.4, -0.2) is 35.6 Å². The Labute approximate surface area is 161 Å². The van der Waals surface area contributed by atoms with Gasteiger partial charge < -0.3 is 14.2 Å². The number of ether oxygens (including phenoxy) is 1. The molecule has 2 aromatic rings. The predicted molar refractivity (Wildman–Crippen MR) is 106 cm³/mol. The Kier molecular flexibility index (Phi) is 8.20. The van der Waals surface area contributed by atoms with Gasteiger partial charge in [-0.3, -0.25) is 4.79 Å². The topological polar surface area (TPSA) is 34.5 Å². The molecular weight excluding hydrogens is 348 g/mol. The molecule has 26 heavy (non-hydrogen) atoms. The third kappa shape index (κ3) is 6.19. The van der Waals surface area contributed by atoms with Gasteiger partial charge in [0.1, 0.15) is 0 Å². The number of hydrogen-bond acceptors (Lipinski definition) is 2. The summed E-state index contributed by atoms with van der Waals surface area (Å²) in [6.07, 6.45) is 3.45. The van der Waals surface area contributed by atoms with Crippen LogP contribution in [-0.2, 0) is 22.6 Å². The van der Waals surface area contributed by atoms with E-state index in [9.17, 15) is 4.79 Å². The van der Waals surface area contributed by atoms with Gasteiger partial charge in [-0.2, -0.15) is 0 Å². The Hall–Kier alpha value is -1.78. The second kappa shape index (κ2) is 10.4. The van der Waals surface area contributed by atoms with E-state index in [0.717, 1.165) is 22.7 Å². The van der Waals surface area contributed by atoms with Crippen LogP contribution in [0.2, 0.25) is 5.02 Å². The summed E-state index contributed by atoms with van der Waals surface area (Å²) in [6, 6.07) is 12.0. The lowest BCUT2D eigenvalue weighted by atomic mass is 10.1. The van der Waals surface area contributed by atoms with E-state index in [4.69, 9.17) is 16.3 Å². The van der Waals surface area contributed by atoms with Crippen LogP contribution in [0, 0.1) is 5.92 Å². The first-order valence-corrected chi connectivity index (χ1v) is 9.53. The highest BCUT2D eigenvalue weighted by atomic mass is 35.5. The predicted octanol–water partition coefficient (Wildman–Crippen LogP) is 4.60. The minimum Gasteiger partial charge on any atom is -0.385 e. The fraction of sp³-hybridized carbons (Fsp3) is 0.476. The molecule has 0 saturated carbocycles. The Bertz CT molecular complexity index is 697. The molecule has 0 unspecified atom stereocenters. The molecular formula is C21H29ClN2O2. The summed E-state index contributed by atoms with van der Waals surface area (Å²) in [5.74, 6) is 0.545. The summed E-state index contributed by atoms with van der Waals surface area (Å²) in [5, 5.41) is 0.764. The molecule has 1 heterocycles. The normalized spacial score (nSPS) is 11.1. The van der Waals surface area contributed by atoms with Crippen molar-refractivity contribution in [2.45, 2.75) is 39.8 Å². The Morgan fingerprint density at radius 1 is 1.23 bits per heavy atom. The fourth-order valence-electron chi connectivity index (χ4n) is 2.92. The van der Waals surface area contributed by atoms with E-state index in [-0.39, 0.29) is 5.91 Å². The van der Waals surface area contributed by atoms with E-state index in [2.05, 4.69) is 24.5 Å². The number of hydrogen-bond donors (Lipinski definition) is 0. The van der Waals surface area contributed by atoms with Crippen molar-refractivity contribution in [3.63, 3.8) is 0 Å². The third-order valence-corrected chi connectivity index (χ3v) is 4.66. The van der Waals surface area contributed by atoms with Crippen molar-refractivity contribution < 1.29 is 9.53 Å². The zero-order chi connectivity index (χ0) is 18.9. The molecule has 1 aromatic heterocycles. The highest BCUT2D eigenvalue weighted by Crippen LogP contribution is 2.18. The lowest BCUT2D eigenvalue weighted by molar-refractivity contribution is -0.132. The number of nitrogens with zero attached hydrogens (tertiary/aromatic N) is 2. The molecule has 4 nitrogen and oxygen atoms in total. The molecule has 0 radical (unpaired) electrons. The molecule has 0 aliphatic heterocycles. The quantitative estimate of drug-likeness (QED) is 0.568. The first-order valence-electron chi connectivity index (χ1n) is 9.15. The number of carbonyl (C=O) groups excluding carboxylic acids is 1. The highest BCUT2D eigenvalue weighted by Gasteiger charge is 2.17. The van der Waals surface area contributed by atoms with Gasteiger partial charge in [0.2, 0.25) is 5.91 Å². The van der Waals surface area contributed by atoms with Crippen LogP contribution >= 0.6 is 11.6 Å². The van der Waals surface area contributed by atoms with Crippen LogP contribution in [0.3, 0.4) is 0 Å². The number of halogens is 1. The summed E-state index contributed by atoms with van der Waals surface area (Å²) in [4.78, 5) is 14.6. The highest BCUT2D eigenvalue weighted by molar-refractivity contribution is 6.31. The number of aromatic nitrogens is 1. The maximum Gasteiger partial charge on any atom is 0.223 e. The number of carbonyl (C=O) groups is 1. The number of methoxy groups -OCH3 is 1. The van der Waals surface area contributed by atoms with Crippen molar-refractivity contribution in [3.8, 4) is 0 Å². The van der Waals surface area contributed by atoms with E-state index >= 15 is 0 Å². The summed E-state index contributed by atoms with van der Waals surface area (Å²) >= 11 is 6.30. The van der Waals surface area contributed by atoms with Gasteiger partial charge in [0, 0.05) is 50.1 Å². The fourth-order valence-corrected chi connectivity index (χ4v) is 3.12. The molecule has 2 rings (SSSR count). The van der Waals surface area contributed by atoms with E-state index < -0.39 is 0 Å². The van der Waals surface area contributed by atoms with E-state index in [1.165, 1.54) is 0 Å². The second-order valence-electron chi connectivity index (χ2n) is 6.98. The standard InChI is InChI=1S/C21H29ClN2O2/c1-17(2)14-21(25)24(12-7-13-26-3)16-19-9-6-11-23(19)15-18-8-4-5-10-20(18)22/h4-6,8-11,17H,7,12-16H2,1-3H3. The van der Waals surface area contributed by atoms with Crippen LogP contribution < -0.4 is 0 Å². The van der Waals surface area contributed by atoms with Gasteiger partial charge in [-0.1, -0.05) is 43.6 Å². The van der Waals surface area contributed by atoms with E-state index in [0.29, 0.717) is 38.6 Å². The van der Waals surface area contributed by atoms with Gasteiger partial charge in [-0.05, 0) is 36.1 Å². The summed E-state index contributed by atoms with van der Waals surface area (Å²) in [7, 11) is 1.69. The first-order chi connectivity index (χ1) is 12.5. The van der Waals surface area contributed by atoms with Crippen molar-refractivity contribution in [2.75, 3.05) is 20.3 Å². The van der Waals surface area contributed by atoms with Gasteiger partial charge in [-0.25, -0.2) is 0 Å². The van der Waals surface area contributed by atoms with Crippen molar-refractivity contribution in [1.29, 1.82) is 0 Å². The molecule has 0 N–H and O–H groups in total. The van der Waals surface area contributed by atoms with E-state index in [1.54, 1.807) is 7.11 Å². The Morgan fingerprint density at radius 2 is 2.00 bits per heavy atom. The monoisotopic (exact) mass is 376 g/mol. The lowest BCUT2D eigenvalue weighted by Gasteiger charge is -2.24. The average molecular weight is 377 g/mol. The first kappa shape index (κ1) is 20.5. The molecule has 0 saturated heterocycles. The molecule has 142 valence electrons. The van der Waals surface area contributed by atoms with Crippen LogP contribution in [0.15, 0.2) is 42.6 Å². The molecule has 0 bridgehead atoms. The second-order valence-corrected chi connectivity index (χ2v) is 7.39. The summed E-state index contributed by atoms with van der Waals surface area (Å²) in [6.45, 7) is 6.82. The summed E-state index contributed by atoms with van der Waals surface area (Å²) in [5.41, 5.74) is 2.19. The zero-order valence-corrected chi connectivity index (χ0v) is 16.7. The minimum atomic E-state index is 0.196. The molecule has 1 amide bonds. The van der Waals surface area contributed by atoms with Gasteiger partial charge in [0.25, 0.3) is 0 Å². The zero-order valence-electron chi connectivity index (χ0n) is 16.0. The van der Waals surface area contributed by atoms with Crippen LogP contribution in [0.1, 0.15) is 37.9 Å². The van der Waals surface area contributed by atoms with Crippen molar-refractivity contribution >= 4 is 17.5 Å². The van der Waals surface area contributed by atoms with Crippen LogP contribution in [0.25, 0.3) is 0 Å². The van der Waals surface area contributed by atoms with Crippen LogP contribution in [0.5, 0.6) is 0 Å². The maximum absolute atomic E-state index is 12.7. The molecule has 0 aliphatic rings. The number of amides is 1. The number of rotatable bonds is 10. The number of benzene rings is 1. The van der Waals surface area contributed by atoms with Gasteiger partial charge in [0.05, 0.1) is 6.54 Å². The lowest BCUT2D eigenvalue weighted by Crippen LogP contribution is -2.33. The minimum absolute atomic E-state index is 0.196. The SMILES string of the molecule is COCCCN(Cc1cccn1Cc1ccccc1Cl)C(=O)CC(C)C. The van der Waals surface area contributed by atoms with E-state index in [1.807, 2.05) is 41.4 Å². The largest absolute Gasteiger partial charge is 0.385 e. The summed E-state index contributed by atoms with van der Waals surface area (Å²) < 4.78 is 7.31. The van der Waals surface area contributed by atoms with Crippen molar-refractivity contribution in [2.24, 2.45) is 5.92 Å². The van der Waals surface area contributed by atoms with Gasteiger partial charge >= 0.3 is 0 Å². The van der Waals surface area contributed by atoms with Crippen molar-refractivity contribution in [3.05, 3.63) is 58.9 Å². The average Bonchev–Trinajstić information content (AvgIpc) is 3.02. The van der Waals surface area contributed by atoms with Crippen LogP contribution in [0.4, 0.5) is 0 Å². The maximum atomic E-state index is 12.7. The molecule has 0 aliphatic carbocycles. The molecule has 0 spiro atoms. The molecule has 0 atom stereocenters. The third-order valence-electron chi connectivity index (χ3n) is 4.29. The van der Waals surface area contributed by atoms with Gasteiger partial charge in [-0.15, -0.1) is 0 Å². The van der Waals surface area contributed by atoms with Crippen molar-refractivity contribution in [1.82, 2.24) is 9.47 Å². The molecule has 5 heteroatoms. The smallest absolute Gasteiger partial charge is 0.223 e. The molecule has 1 aromatic carbocycles. The van der Waals surface area contributed by atoms with Gasteiger partial charge in [0.15, 0.2) is 0 Å².